The summed E-state index contributed by atoms with van der Waals surface area (Å²) in [6.07, 6.45) is 5.62. The molecule has 1 atom stereocenters. The van der Waals surface area contributed by atoms with Crippen molar-refractivity contribution >= 4 is 11.8 Å². The Balaban J connectivity index is 1.94. The van der Waals surface area contributed by atoms with Crippen molar-refractivity contribution in [1.29, 1.82) is 0 Å². The lowest BCUT2D eigenvalue weighted by Gasteiger charge is -2.38. The van der Waals surface area contributed by atoms with Gasteiger partial charge in [-0.25, -0.2) is 0 Å². The zero-order valence-electron chi connectivity index (χ0n) is 13.0. The first-order valence-electron chi connectivity index (χ1n) is 7.35. The third-order valence-electron chi connectivity index (χ3n) is 4.58. The fraction of sp³-hybridized carbons (Fsp3) is 1.00. The van der Waals surface area contributed by atoms with Crippen LogP contribution in [0.3, 0.4) is 0 Å². The Labute approximate surface area is 122 Å². The minimum atomic E-state index is -0.0751. The Morgan fingerprint density at radius 2 is 1.79 bits per heavy atom. The smallest absolute Gasteiger partial charge is 0.0787 e. The summed E-state index contributed by atoms with van der Waals surface area (Å²) in [6.45, 7) is 11.6. The second-order valence-corrected chi connectivity index (χ2v) is 8.38. The summed E-state index contributed by atoms with van der Waals surface area (Å²) in [5.41, 5.74) is -0.0857. The fourth-order valence-electron chi connectivity index (χ4n) is 3.39. The summed E-state index contributed by atoms with van der Waals surface area (Å²) in [7, 11) is 0. The highest BCUT2D eigenvalue weighted by atomic mass is 32.2. The van der Waals surface area contributed by atoms with Gasteiger partial charge in [0.15, 0.2) is 0 Å². The molecule has 4 heteroatoms. The number of ether oxygens (including phenoxy) is 2. The molecule has 0 aromatic carbocycles. The molecule has 0 aliphatic carbocycles. The molecule has 112 valence electrons. The van der Waals surface area contributed by atoms with Crippen LogP contribution < -0.4 is 5.32 Å². The van der Waals surface area contributed by atoms with E-state index in [0.717, 1.165) is 39.0 Å². The predicted octanol–water partition coefficient (Wildman–Crippen LogP) is 2.83. The predicted molar refractivity (Wildman–Crippen MR) is 81.9 cm³/mol. The Kier molecular flexibility index (Phi) is 4.56. The molecule has 0 radical (unpaired) electrons. The van der Waals surface area contributed by atoms with Crippen LogP contribution in [0.4, 0.5) is 0 Å². The maximum absolute atomic E-state index is 6.16. The Morgan fingerprint density at radius 1 is 1.16 bits per heavy atom. The molecule has 0 bridgehead atoms. The van der Waals surface area contributed by atoms with E-state index in [1.165, 1.54) is 0 Å². The summed E-state index contributed by atoms with van der Waals surface area (Å²) in [5.74, 6) is 0. The van der Waals surface area contributed by atoms with Crippen LogP contribution in [0.5, 0.6) is 0 Å². The largest absolute Gasteiger partial charge is 0.381 e. The Morgan fingerprint density at radius 3 is 2.26 bits per heavy atom. The molecule has 0 aromatic rings. The summed E-state index contributed by atoms with van der Waals surface area (Å²) < 4.78 is 12.0. The van der Waals surface area contributed by atoms with Crippen LogP contribution in [0.1, 0.15) is 47.0 Å². The van der Waals surface area contributed by atoms with Crippen LogP contribution >= 0.6 is 11.8 Å². The lowest BCUT2D eigenvalue weighted by atomic mass is 9.92. The molecule has 1 N–H and O–H groups in total. The molecule has 0 spiro atoms. The van der Waals surface area contributed by atoms with Gasteiger partial charge in [0, 0.05) is 30.5 Å². The molecule has 2 heterocycles. The van der Waals surface area contributed by atoms with E-state index in [9.17, 15) is 0 Å². The maximum atomic E-state index is 6.16. The molecule has 2 saturated heterocycles. The molecule has 2 rings (SSSR count). The molecule has 0 amide bonds. The van der Waals surface area contributed by atoms with E-state index in [4.69, 9.17) is 9.47 Å². The average Bonchev–Trinajstić information content (AvgIpc) is 2.55. The molecule has 1 unspecified atom stereocenters. The first-order valence-corrected chi connectivity index (χ1v) is 8.58. The molecule has 0 aromatic heterocycles. The molecule has 3 nitrogen and oxygen atoms in total. The van der Waals surface area contributed by atoms with Gasteiger partial charge in [-0.05, 0) is 53.2 Å². The lowest BCUT2D eigenvalue weighted by molar-refractivity contribution is -0.0700. The minimum absolute atomic E-state index is 0.0106. The molecular formula is C15H29NO2S. The van der Waals surface area contributed by atoms with Gasteiger partial charge in [-0.1, -0.05) is 0 Å². The summed E-state index contributed by atoms with van der Waals surface area (Å²) in [4.78, 5) is 0. The van der Waals surface area contributed by atoms with E-state index in [1.807, 2.05) is 11.8 Å². The van der Waals surface area contributed by atoms with Crippen molar-refractivity contribution < 1.29 is 9.47 Å². The topological polar surface area (TPSA) is 30.5 Å². The third kappa shape index (κ3) is 3.66. The van der Waals surface area contributed by atoms with Crippen molar-refractivity contribution in [3.63, 3.8) is 0 Å². The quantitative estimate of drug-likeness (QED) is 0.861. The Bertz CT molecular complexity index is 311. The van der Waals surface area contributed by atoms with Gasteiger partial charge in [0.2, 0.25) is 0 Å². The van der Waals surface area contributed by atoms with Crippen LogP contribution in [0.2, 0.25) is 0 Å². The van der Waals surface area contributed by atoms with Gasteiger partial charge < -0.3 is 14.8 Å². The molecule has 0 saturated carbocycles. The van der Waals surface area contributed by atoms with E-state index in [2.05, 4.69) is 39.3 Å². The van der Waals surface area contributed by atoms with Crippen LogP contribution in [-0.4, -0.2) is 48.0 Å². The van der Waals surface area contributed by atoms with Gasteiger partial charge in [-0.3, -0.25) is 0 Å². The van der Waals surface area contributed by atoms with E-state index < -0.39 is 0 Å². The van der Waals surface area contributed by atoms with Crippen molar-refractivity contribution in [1.82, 2.24) is 5.32 Å². The fourth-order valence-corrected chi connectivity index (χ4v) is 4.19. The van der Waals surface area contributed by atoms with E-state index in [1.54, 1.807) is 0 Å². The second-order valence-electron chi connectivity index (χ2n) is 7.10. The highest BCUT2D eigenvalue weighted by molar-refractivity contribution is 8.00. The zero-order valence-corrected chi connectivity index (χ0v) is 13.9. The summed E-state index contributed by atoms with van der Waals surface area (Å²) in [5, 5.41) is 3.79. The standard InChI is InChI=1S/C15H29NO2S/c1-13(2)10-12(14(3,4)18-13)16-11-15(19-5)6-8-17-9-7-15/h12,16H,6-11H2,1-5H3. The third-order valence-corrected chi connectivity index (χ3v) is 6.00. The van der Waals surface area contributed by atoms with Crippen LogP contribution in [-0.2, 0) is 9.47 Å². The molecular weight excluding hydrogens is 258 g/mol. The van der Waals surface area contributed by atoms with Crippen molar-refractivity contribution in [2.45, 2.75) is 68.9 Å². The van der Waals surface area contributed by atoms with Crippen molar-refractivity contribution in [3.8, 4) is 0 Å². The summed E-state index contributed by atoms with van der Waals surface area (Å²) >= 11 is 1.99. The van der Waals surface area contributed by atoms with Gasteiger partial charge in [-0.15, -0.1) is 0 Å². The van der Waals surface area contributed by atoms with Gasteiger partial charge in [-0.2, -0.15) is 11.8 Å². The molecule has 2 aliphatic rings. The molecule has 19 heavy (non-hydrogen) atoms. The Hall–Kier alpha value is 0.230. The zero-order chi connectivity index (χ0) is 14.1. The number of thioether (sulfide) groups is 1. The van der Waals surface area contributed by atoms with Gasteiger partial charge in [0.05, 0.1) is 11.2 Å². The lowest BCUT2D eigenvalue weighted by Crippen LogP contribution is -2.50. The van der Waals surface area contributed by atoms with Crippen LogP contribution in [0, 0.1) is 0 Å². The normalized spacial score (nSPS) is 32.4. The van der Waals surface area contributed by atoms with Crippen molar-refractivity contribution in [3.05, 3.63) is 0 Å². The van der Waals surface area contributed by atoms with E-state index in [0.29, 0.717) is 10.8 Å². The van der Waals surface area contributed by atoms with Crippen molar-refractivity contribution in [2.75, 3.05) is 26.0 Å². The van der Waals surface area contributed by atoms with Crippen LogP contribution in [0.25, 0.3) is 0 Å². The van der Waals surface area contributed by atoms with Crippen LogP contribution in [0.15, 0.2) is 0 Å². The van der Waals surface area contributed by atoms with E-state index >= 15 is 0 Å². The number of nitrogens with one attached hydrogen (secondary N) is 1. The monoisotopic (exact) mass is 287 g/mol. The van der Waals surface area contributed by atoms with E-state index in [-0.39, 0.29) is 11.2 Å². The molecule has 2 aliphatic heterocycles. The highest BCUT2D eigenvalue weighted by Crippen LogP contribution is 2.39. The summed E-state index contributed by atoms with van der Waals surface area (Å²) in [6, 6.07) is 0.439. The maximum Gasteiger partial charge on any atom is 0.0787 e. The highest BCUT2D eigenvalue weighted by Gasteiger charge is 2.46. The number of hydrogen-bond donors (Lipinski definition) is 1. The first-order chi connectivity index (χ1) is 8.79. The average molecular weight is 287 g/mol. The minimum Gasteiger partial charge on any atom is -0.381 e. The van der Waals surface area contributed by atoms with Crippen molar-refractivity contribution in [2.24, 2.45) is 0 Å². The van der Waals surface area contributed by atoms with Gasteiger partial charge in [0.1, 0.15) is 0 Å². The van der Waals surface area contributed by atoms with Gasteiger partial charge in [0.25, 0.3) is 0 Å². The SMILES string of the molecule is CSC1(CNC2CC(C)(C)OC2(C)C)CCOCC1. The molecule has 2 fully saturated rings. The first kappa shape index (κ1) is 15.6. The van der Waals surface area contributed by atoms with Gasteiger partial charge >= 0.3 is 0 Å². The number of hydrogen-bond acceptors (Lipinski definition) is 4. The second kappa shape index (κ2) is 5.55. The number of rotatable bonds is 4.